The number of nitrogen functional groups attached to an aromatic ring is 1. The normalized spacial score (nSPS) is 11.2. The molecule has 3 rings (SSSR count). The Morgan fingerprint density at radius 3 is 2.48 bits per heavy atom. The van der Waals surface area contributed by atoms with Crippen LogP contribution in [0.3, 0.4) is 0 Å². The summed E-state index contributed by atoms with van der Waals surface area (Å²) in [4.78, 5) is 7.10. The van der Waals surface area contributed by atoms with Gasteiger partial charge in [0.1, 0.15) is 0 Å². The summed E-state index contributed by atoms with van der Waals surface area (Å²) in [7, 11) is 0. The molecule has 0 spiro atoms. The largest absolute Gasteiger partial charge is 0.399 e. The summed E-state index contributed by atoms with van der Waals surface area (Å²) in [6.07, 6.45) is 0. The number of rotatable bonds is 4. The summed E-state index contributed by atoms with van der Waals surface area (Å²) < 4.78 is 1.23. The van der Waals surface area contributed by atoms with Gasteiger partial charge in [-0.1, -0.05) is 35.6 Å². The van der Waals surface area contributed by atoms with Crippen molar-refractivity contribution in [1.82, 2.24) is 4.98 Å². The van der Waals surface area contributed by atoms with Crippen LogP contribution in [0.15, 0.2) is 48.5 Å². The molecular weight excluding hydrogens is 278 g/mol. The minimum Gasteiger partial charge on any atom is -0.399 e. The van der Waals surface area contributed by atoms with Crippen LogP contribution in [0.5, 0.6) is 0 Å². The first-order valence-corrected chi connectivity index (χ1v) is 7.92. The third-order valence-electron chi connectivity index (χ3n) is 3.48. The zero-order chi connectivity index (χ0) is 14.8. The van der Waals surface area contributed by atoms with Crippen LogP contribution < -0.4 is 10.6 Å². The fourth-order valence-electron chi connectivity index (χ4n) is 2.27. The van der Waals surface area contributed by atoms with Crippen LogP contribution >= 0.6 is 11.3 Å². The third kappa shape index (κ3) is 3.00. The molecule has 1 heterocycles. The number of fused-ring (bicyclic) bond motifs is 1. The number of aromatic nitrogens is 1. The summed E-state index contributed by atoms with van der Waals surface area (Å²) in [5.74, 6) is 0. The van der Waals surface area contributed by atoms with Gasteiger partial charge in [-0.15, -0.1) is 0 Å². The van der Waals surface area contributed by atoms with Gasteiger partial charge in [0.05, 0.1) is 10.2 Å². The van der Waals surface area contributed by atoms with Gasteiger partial charge in [0.25, 0.3) is 0 Å². The zero-order valence-corrected chi connectivity index (χ0v) is 13.1. The highest BCUT2D eigenvalue weighted by molar-refractivity contribution is 7.22. The van der Waals surface area contributed by atoms with Crippen molar-refractivity contribution < 1.29 is 0 Å². The highest BCUT2D eigenvalue weighted by Crippen LogP contribution is 2.30. The molecule has 3 aromatic rings. The monoisotopic (exact) mass is 297 g/mol. The van der Waals surface area contributed by atoms with Crippen molar-refractivity contribution in [2.75, 3.05) is 10.6 Å². The van der Waals surface area contributed by atoms with Gasteiger partial charge in [-0.05, 0) is 43.7 Å². The van der Waals surface area contributed by atoms with Crippen molar-refractivity contribution in [2.24, 2.45) is 0 Å². The Morgan fingerprint density at radius 1 is 1.10 bits per heavy atom. The van der Waals surface area contributed by atoms with Crippen molar-refractivity contribution in [3.05, 3.63) is 54.1 Å². The van der Waals surface area contributed by atoms with E-state index in [-0.39, 0.29) is 0 Å². The first-order chi connectivity index (χ1) is 10.1. The molecule has 108 valence electrons. The molecule has 0 saturated heterocycles. The Morgan fingerprint density at radius 2 is 1.81 bits per heavy atom. The molecule has 2 aromatic carbocycles. The SMILES string of the molecule is CC(C)N(Cc1ccc(N)cc1)c1nc2ccccc2s1. The zero-order valence-electron chi connectivity index (χ0n) is 12.3. The van der Waals surface area contributed by atoms with Gasteiger partial charge in [-0.3, -0.25) is 0 Å². The number of nitrogens with two attached hydrogens (primary N) is 1. The lowest BCUT2D eigenvalue weighted by Crippen LogP contribution is -2.29. The standard InChI is InChI=1S/C17H19N3S/c1-12(2)20(11-13-7-9-14(18)10-8-13)17-19-15-5-3-4-6-16(15)21-17/h3-10,12H,11,18H2,1-2H3. The molecule has 3 nitrogen and oxygen atoms in total. The molecule has 0 amide bonds. The van der Waals surface area contributed by atoms with Crippen molar-refractivity contribution in [1.29, 1.82) is 0 Å². The average molecular weight is 297 g/mol. The summed E-state index contributed by atoms with van der Waals surface area (Å²) in [5, 5.41) is 1.07. The Hall–Kier alpha value is -2.07. The summed E-state index contributed by atoms with van der Waals surface area (Å²) >= 11 is 1.75. The topological polar surface area (TPSA) is 42.1 Å². The molecule has 0 aliphatic rings. The molecule has 0 fully saturated rings. The molecule has 21 heavy (non-hydrogen) atoms. The van der Waals surface area contributed by atoms with Crippen LogP contribution in [0.1, 0.15) is 19.4 Å². The van der Waals surface area contributed by atoms with E-state index >= 15 is 0 Å². The van der Waals surface area contributed by atoms with Crippen molar-refractivity contribution in [3.8, 4) is 0 Å². The van der Waals surface area contributed by atoms with Crippen molar-refractivity contribution in [3.63, 3.8) is 0 Å². The molecule has 0 aliphatic heterocycles. The minimum atomic E-state index is 0.392. The second-order valence-corrected chi connectivity index (χ2v) is 6.44. The second-order valence-electron chi connectivity index (χ2n) is 5.43. The van der Waals surface area contributed by atoms with E-state index in [1.165, 1.54) is 10.3 Å². The van der Waals surface area contributed by atoms with Gasteiger partial charge in [0.15, 0.2) is 5.13 Å². The smallest absolute Gasteiger partial charge is 0.186 e. The van der Waals surface area contributed by atoms with Gasteiger partial charge in [-0.25, -0.2) is 4.98 Å². The van der Waals surface area contributed by atoms with Crippen molar-refractivity contribution in [2.45, 2.75) is 26.4 Å². The highest BCUT2D eigenvalue weighted by Gasteiger charge is 2.15. The van der Waals surface area contributed by atoms with Gasteiger partial charge in [0, 0.05) is 18.3 Å². The molecule has 1 aromatic heterocycles. The lowest BCUT2D eigenvalue weighted by Gasteiger charge is -2.26. The van der Waals surface area contributed by atoms with Crippen LogP contribution in [0.2, 0.25) is 0 Å². The van der Waals surface area contributed by atoms with Crippen LogP contribution in [0.4, 0.5) is 10.8 Å². The third-order valence-corrected chi connectivity index (χ3v) is 4.56. The number of hydrogen-bond donors (Lipinski definition) is 1. The van der Waals surface area contributed by atoms with Gasteiger partial charge < -0.3 is 10.6 Å². The van der Waals surface area contributed by atoms with E-state index in [1.807, 2.05) is 18.2 Å². The summed E-state index contributed by atoms with van der Waals surface area (Å²) in [6, 6.07) is 16.7. The predicted octanol–water partition coefficient (Wildman–Crippen LogP) is 4.29. The Kier molecular flexibility index (Phi) is 3.80. The molecular formula is C17H19N3S. The maximum absolute atomic E-state index is 5.76. The first-order valence-electron chi connectivity index (χ1n) is 7.10. The number of anilines is 2. The van der Waals surface area contributed by atoms with Crippen LogP contribution in [-0.4, -0.2) is 11.0 Å². The molecule has 4 heteroatoms. The Balaban J connectivity index is 1.92. The average Bonchev–Trinajstić information content (AvgIpc) is 2.89. The molecule has 0 aliphatic carbocycles. The van der Waals surface area contributed by atoms with Gasteiger partial charge >= 0.3 is 0 Å². The minimum absolute atomic E-state index is 0.392. The number of nitrogens with zero attached hydrogens (tertiary/aromatic N) is 2. The van der Waals surface area contributed by atoms with E-state index in [0.29, 0.717) is 6.04 Å². The highest BCUT2D eigenvalue weighted by atomic mass is 32.1. The number of thiazole rings is 1. The molecule has 0 bridgehead atoms. The maximum atomic E-state index is 5.76. The van der Waals surface area contributed by atoms with E-state index in [2.05, 4.69) is 49.1 Å². The van der Waals surface area contributed by atoms with E-state index in [0.717, 1.165) is 22.9 Å². The summed E-state index contributed by atoms with van der Waals surface area (Å²) in [6.45, 7) is 5.24. The van der Waals surface area contributed by atoms with E-state index in [4.69, 9.17) is 10.7 Å². The molecule has 0 radical (unpaired) electrons. The van der Waals surface area contributed by atoms with Crippen molar-refractivity contribution >= 4 is 32.4 Å². The van der Waals surface area contributed by atoms with E-state index < -0.39 is 0 Å². The first kappa shape index (κ1) is 13.9. The van der Waals surface area contributed by atoms with Gasteiger partial charge in [-0.2, -0.15) is 0 Å². The fourth-order valence-corrected chi connectivity index (χ4v) is 3.37. The van der Waals surface area contributed by atoms with E-state index in [9.17, 15) is 0 Å². The van der Waals surface area contributed by atoms with E-state index in [1.54, 1.807) is 11.3 Å². The van der Waals surface area contributed by atoms with Crippen LogP contribution in [-0.2, 0) is 6.54 Å². The number of para-hydroxylation sites is 1. The molecule has 0 saturated carbocycles. The molecule has 2 N–H and O–H groups in total. The lowest BCUT2D eigenvalue weighted by atomic mass is 10.2. The second kappa shape index (κ2) is 5.74. The Labute approximate surface area is 129 Å². The maximum Gasteiger partial charge on any atom is 0.186 e. The molecule has 0 unspecified atom stereocenters. The summed E-state index contributed by atoms with van der Waals surface area (Å²) in [5.41, 5.74) is 8.87. The van der Waals surface area contributed by atoms with Gasteiger partial charge in [0.2, 0.25) is 0 Å². The number of hydrogen-bond acceptors (Lipinski definition) is 4. The fraction of sp³-hybridized carbons (Fsp3) is 0.235. The predicted molar refractivity (Wildman–Crippen MR) is 91.8 cm³/mol. The lowest BCUT2D eigenvalue weighted by molar-refractivity contribution is 0.681. The van der Waals surface area contributed by atoms with Crippen LogP contribution in [0.25, 0.3) is 10.2 Å². The quantitative estimate of drug-likeness (QED) is 0.730. The molecule has 0 atom stereocenters. The Bertz CT molecular complexity index is 698. The van der Waals surface area contributed by atoms with Crippen LogP contribution in [0, 0.1) is 0 Å². The number of benzene rings is 2.